The first-order chi connectivity index (χ1) is 6.73. The van der Waals surface area contributed by atoms with E-state index in [4.69, 9.17) is 0 Å². The summed E-state index contributed by atoms with van der Waals surface area (Å²) >= 11 is 0. The van der Waals surface area contributed by atoms with E-state index < -0.39 is 0 Å². The molecule has 0 aromatic carbocycles. The van der Waals surface area contributed by atoms with E-state index in [0.29, 0.717) is 11.5 Å². The van der Waals surface area contributed by atoms with Crippen LogP contribution in [-0.4, -0.2) is 11.9 Å². The SMILES string of the molecule is CCC1CCCC12CC(=O)NC2CC. The maximum Gasteiger partial charge on any atom is 0.220 e. The van der Waals surface area contributed by atoms with Crippen molar-refractivity contribution in [2.75, 3.05) is 0 Å². The molecule has 2 fully saturated rings. The lowest BCUT2D eigenvalue weighted by Gasteiger charge is -2.35. The van der Waals surface area contributed by atoms with Crippen LogP contribution in [0.4, 0.5) is 0 Å². The number of carbonyl (C=O) groups excluding carboxylic acids is 1. The van der Waals surface area contributed by atoms with Gasteiger partial charge in [-0.2, -0.15) is 0 Å². The molecule has 2 rings (SSSR count). The number of carbonyl (C=O) groups is 1. The van der Waals surface area contributed by atoms with E-state index in [0.717, 1.165) is 18.8 Å². The molecule has 1 aliphatic heterocycles. The summed E-state index contributed by atoms with van der Waals surface area (Å²) in [6.45, 7) is 4.47. The second-order valence-electron chi connectivity index (χ2n) is 4.94. The van der Waals surface area contributed by atoms with Crippen LogP contribution in [0.3, 0.4) is 0 Å². The van der Waals surface area contributed by atoms with Gasteiger partial charge < -0.3 is 5.32 Å². The average molecular weight is 195 g/mol. The van der Waals surface area contributed by atoms with Gasteiger partial charge in [-0.1, -0.05) is 26.7 Å². The highest BCUT2D eigenvalue weighted by atomic mass is 16.2. The van der Waals surface area contributed by atoms with Crippen LogP contribution in [0.1, 0.15) is 52.4 Å². The molecule has 0 bridgehead atoms. The monoisotopic (exact) mass is 195 g/mol. The van der Waals surface area contributed by atoms with E-state index in [2.05, 4.69) is 19.2 Å². The van der Waals surface area contributed by atoms with Crippen LogP contribution in [-0.2, 0) is 4.79 Å². The molecular weight excluding hydrogens is 174 g/mol. The molecule has 14 heavy (non-hydrogen) atoms. The van der Waals surface area contributed by atoms with Gasteiger partial charge in [-0.15, -0.1) is 0 Å². The Morgan fingerprint density at radius 3 is 2.86 bits per heavy atom. The van der Waals surface area contributed by atoms with E-state index in [1.165, 1.54) is 25.7 Å². The number of rotatable bonds is 2. The van der Waals surface area contributed by atoms with Crippen LogP contribution in [0.2, 0.25) is 0 Å². The van der Waals surface area contributed by atoms with Crippen molar-refractivity contribution in [3.63, 3.8) is 0 Å². The van der Waals surface area contributed by atoms with Crippen LogP contribution >= 0.6 is 0 Å². The summed E-state index contributed by atoms with van der Waals surface area (Å²) in [4.78, 5) is 11.5. The van der Waals surface area contributed by atoms with Crippen molar-refractivity contribution >= 4 is 5.91 Å². The maximum atomic E-state index is 11.5. The van der Waals surface area contributed by atoms with Gasteiger partial charge in [-0.25, -0.2) is 0 Å². The van der Waals surface area contributed by atoms with Gasteiger partial charge in [0.15, 0.2) is 0 Å². The minimum atomic E-state index is 0.289. The van der Waals surface area contributed by atoms with Crippen LogP contribution in [0, 0.1) is 11.3 Å². The van der Waals surface area contributed by atoms with Crippen molar-refractivity contribution < 1.29 is 4.79 Å². The van der Waals surface area contributed by atoms with Gasteiger partial charge in [0, 0.05) is 17.9 Å². The summed E-state index contributed by atoms with van der Waals surface area (Å²) in [5.41, 5.74) is 0.334. The molecule has 0 aromatic heterocycles. The third-order valence-electron chi connectivity index (χ3n) is 4.43. The van der Waals surface area contributed by atoms with Crippen LogP contribution in [0.5, 0.6) is 0 Å². The zero-order chi connectivity index (χ0) is 10.2. The van der Waals surface area contributed by atoms with Crippen molar-refractivity contribution in [1.82, 2.24) is 5.32 Å². The number of amides is 1. The Labute approximate surface area is 86.5 Å². The lowest BCUT2D eigenvalue weighted by molar-refractivity contribution is -0.119. The van der Waals surface area contributed by atoms with Gasteiger partial charge >= 0.3 is 0 Å². The van der Waals surface area contributed by atoms with Gasteiger partial charge in [0.05, 0.1) is 0 Å². The van der Waals surface area contributed by atoms with Gasteiger partial charge in [0.25, 0.3) is 0 Å². The predicted octanol–water partition coefficient (Wildman–Crippen LogP) is 2.48. The van der Waals surface area contributed by atoms with Crippen molar-refractivity contribution in [2.24, 2.45) is 11.3 Å². The van der Waals surface area contributed by atoms with Gasteiger partial charge in [0.1, 0.15) is 0 Å². The van der Waals surface area contributed by atoms with Crippen LogP contribution < -0.4 is 5.32 Å². The van der Waals surface area contributed by atoms with Crippen molar-refractivity contribution in [3.05, 3.63) is 0 Å². The third-order valence-corrected chi connectivity index (χ3v) is 4.43. The normalized spacial score (nSPS) is 42.0. The minimum Gasteiger partial charge on any atom is -0.353 e. The first kappa shape index (κ1) is 10.0. The Bertz CT molecular complexity index is 238. The molecule has 80 valence electrons. The molecule has 2 nitrogen and oxygen atoms in total. The van der Waals surface area contributed by atoms with Gasteiger partial charge in [0.2, 0.25) is 5.91 Å². The molecule has 3 unspecified atom stereocenters. The summed E-state index contributed by atoms with van der Waals surface area (Å²) in [7, 11) is 0. The van der Waals surface area contributed by atoms with E-state index in [1.807, 2.05) is 0 Å². The Morgan fingerprint density at radius 2 is 2.21 bits per heavy atom. The Morgan fingerprint density at radius 1 is 1.43 bits per heavy atom. The molecule has 2 aliphatic rings. The maximum absolute atomic E-state index is 11.5. The lowest BCUT2D eigenvalue weighted by atomic mass is 9.70. The van der Waals surface area contributed by atoms with Crippen molar-refractivity contribution in [3.8, 4) is 0 Å². The average Bonchev–Trinajstić information content (AvgIpc) is 2.71. The Hall–Kier alpha value is -0.530. The molecule has 1 spiro atoms. The minimum absolute atomic E-state index is 0.289. The van der Waals surface area contributed by atoms with Crippen LogP contribution in [0.25, 0.3) is 0 Å². The van der Waals surface area contributed by atoms with Crippen molar-refractivity contribution in [2.45, 2.75) is 58.4 Å². The molecule has 0 aromatic rings. The van der Waals surface area contributed by atoms with E-state index in [-0.39, 0.29) is 5.91 Å². The van der Waals surface area contributed by atoms with Crippen molar-refractivity contribution in [1.29, 1.82) is 0 Å². The first-order valence-corrected chi connectivity index (χ1v) is 6.02. The highest BCUT2D eigenvalue weighted by Gasteiger charge is 2.52. The summed E-state index contributed by atoms with van der Waals surface area (Å²) in [5.74, 6) is 1.07. The Kier molecular flexibility index (Phi) is 2.54. The molecule has 2 heteroatoms. The fraction of sp³-hybridized carbons (Fsp3) is 0.917. The fourth-order valence-electron chi connectivity index (χ4n) is 3.79. The molecule has 0 radical (unpaired) electrons. The molecular formula is C12H21NO. The summed E-state index contributed by atoms with van der Waals surface area (Å²) < 4.78 is 0. The molecule has 1 aliphatic carbocycles. The topological polar surface area (TPSA) is 29.1 Å². The van der Waals surface area contributed by atoms with Crippen LogP contribution in [0.15, 0.2) is 0 Å². The molecule has 1 heterocycles. The zero-order valence-electron chi connectivity index (χ0n) is 9.31. The fourth-order valence-corrected chi connectivity index (χ4v) is 3.79. The summed E-state index contributed by atoms with van der Waals surface area (Å²) in [6.07, 6.45) is 7.06. The Balaban J connectivity index is 2.23. The van der Waals surface area contributed by atoms with E-state index in [9.17, 15) is 4.79 Å². The molecule has 1 N–H and O–H groups in total. The smallest absolute Gasteiger partial charge is 0.220 e. The number of hydrogen-bond donors (Lipinski definition) is 1. The molecule has 1 saturated carbocycles. The largest absolute Gasteiger partial charge is 0.353 e. The highest BCUT2D eigenvalue weighted by Crippen LogP contribution is 2.53. The van der Waals surface area contributed by atoms with E-state index in [1.54, 1.807) is 0 Å². The number of hydrogen-bond acceptors (Lipinski definition) is 1. The molecule has 3 atom stereocenters. The standard InChI is InChI=1S/C12H21NO/c1-3-9-6-5-7-12(9)8-11(14)13-10(12)4-2/h9-10H,3-8H2,1-2H3,(H,13,14). The second kappa shape index (κ2) is 3.56. The number of nitrogens with one attached hydrogen (secondary N) is 1. The van der Waals surface area contributed by atoms with Gasteiger partial charge in [-0.05, 0) is 25.2 Å². The highest BCUT2D eigenvalue weighted by molar-refractivity contribution is 5.80. The summed E-state index contributed by atoms with van der Waals surface area (Å²) in [5, 5.41) is 3.16. The second-order valence-corrected chi connectivity index (χ2v) is 4.94. The van der Waals surface area contributed by atoms with Gasteiger partial charge in [-0.3, -0.25) is 4.79 Å². The lowest BCUT2D eigenvalue weighted by Crippen LogP contribution is -2.39. The first-order valence-electron chi connectivity index (χ1n) is 6.02. The zero-order valence-corrected chi connectivity index (χ0v) is 9.31. The molecule has 1 amide bonds. The predicted molar refractivity (Wildman–Crippen MR) is 56.9 cm³/mol. The third kappa shape index (κ3) is 1.27. The quantitative estimate of drug-likeness (QED) is 0.720. The van der Waals surface area contributed by atoms with E-state index >= 15 is 0 Å². The summed E-state index contributed by atoms with van der Waals surface area (Å²) in [6, 6.07) is 0.461. The molecule has 1 saturated heterocycles.